The molecule has 0 radical (unpaired) electrons. The van der Waals surface area contributed by atoms with Crippen LogP contribution in [-0.2, 0) is 11.2 Å². The minimum Gasteiger partial charge on any atom is -0.495 e. The van der Waals surface area contributed by atoms with E-state index in [4.69, 9.17) is 4.74 Å². The number of anilines is 2. The molecule has 1 N–H and O–H groups in total. The van der Waals surface area contributed by atoms with Crippen LogP contribution in [0.5, 0.6) is 5.75 Å². The van der Waals surface area contributed by atoms with Gasteiger partial charge in [0, 0.05) is 23.7 Å². The number of ether oxygens (including phenoxy) is 1. The van der Waals surface area contributed by atoms with Crippen molar-refractivity contribution in [2.45, 2.75) is 25.7 Å². The van der Waals surface area contributed by atoms with E-state index < -0.39 is 0 Å². The lowest BCUT2D eigenvalue weighted by atomic mass is 10.1. The van der Waals surface area contributed by atoms with Crippen molar-refractivity contribution in [3.63, 3.8) is 0 Å². The Bertz CT molecular complexity index is 649. The highest BCUT2D eigenvalue weighted by atomic mass is 32.1. The lowest BCUT2D eigenvalue weighted by Gasteiger charge is -2.29. The first-order valence-corrected chi connectivity index (χ1v) is 8.89. The Morgan fingerprint density at radius 3 is 2.78 bits per heavy atom. The average molecular weight is 330 g/mol. The third-order valence-corrected chi connectivity index (χ3v) is 4.97. The number of hydrogen-bond donors (Lipinski definition) is 1. The van der Waals surface area contributed by atoms with Crippen LogP contribution in [0.15, 0.2) is 35.7 Å². The molecule has 0 saturated carbocycles. The van der Waals surface area contributed by atoms with Crippen LogP contribution in [0.4, 0.5) is 11.4 Å². The summed E-state index contributed by atoms with van der Waals surface area (Å²) in [6, 6.07) is 9.97. The molecule has 2 aromatic rings. The second-order valence-corrected chi connectivity index (χ2v) is 6.77. The van der Waals surface area contributed by atoms with Crippen molar-refractivity contribution in [2.75, 3.05) is 30.4 Å². The predicted octanol–water partition coefficient (Wildman–Crippen LogP) is 3.93. The molecule has 2 heterocycles. The first-order chi connectivity index (χ1) is 11.3. The van der Waals surface area contributed by atoms with Gasteiger partial charge in [-0.05, 0) is 48.9 Å². The first-order valence-electron chi connectivity index (χ1n) is 8.01. The molecule has 23 heavy (non-hydrogen) atoms. The molecule has 0 aliphatic carbocycles. The van der Waals surface area contributed by atoms with Gasteiger partial charge in [0.1, 0.15) is 5.75 Å². The Kier molecular flexibility index (Phi) is 5.18. The molecule has 5 heteroatoms. The molecule has 1 aromatic carbocycles. The fourth-order valence-electron chi connectivity index (χ4n) is 2.91. The molecule has 1 aliphatic heterocycles. The van der Waals surface area contributed by atoms with E-state index in [0.29, 0.717) is 12.2 Å². The van der Waals surface area contributed by atoms with Crippen LogP contribution in [0.1, 0.15) is 24.1 Å². The van der Waals surface area contributed by atoms with Crippen LogP contribution in [0.2, 0.25) is 0 Å². The number of nitrogens with one attached hydrogen (secondary N) is 1. The summed E-state index contributed by atoms with van der Waals surface area (Å²) in [4.78, 5) is 15.7. The number of piperidine rings is 1. The number of amides is 1. The maximum Gasteiger partial charge on any atom is 0.229 e. The van der Waals surface area contributed by atoms with Gasteiger partial charge in [0.2, 0.25) is 5.91 Å². The molecule has 1 amide bonds. The smallest absolute Gasteiger partial charge is 0.229 e. The summed E-state index contributed by atoms with van der Waals surface area (Å²) in [5.74, 6) is 0.687. The molecule has 0 spiro atoms. The maximum atomic E-state index is 12.3. The largest absolute Gasteiger partial charge is 0.495 e. The van der Waals surface area contributed by atoms with Crippen molar-refractivity contribution >= 4 is 28.6 Å². The van der Waals surface area contributed by atoms with Crippen molar-refractivity contribution in [3.05, 3.63) is 40.6 Å². The average Bonchev–Trinajstić information content (AvgIpc) is 3.08. The third-order valence-electron chi connectivity index (χ3n) is 4.09. The lowest BCUT2D eigenvalue weighted by Crippen LogP contribution is -2.29. The fraction of sp³-hybridized carbons (Fsp3) is 0.389. The molecule has 0 atom stereocenters. The van der Waals surface area contributed by atoms with Crippen molar-refractivity contribution in [1.29, 1.82) is 0 Å². The van der Waals surface area contributed by atoms with Gasteiger partial charge in [-0.25, -0.2) is 0 Å². The number of hydrogen-bond acceptors (Lipinski definition) is 4. The van der Waals surface area contributed by atoms with Gasteiger partial charge in [0.05, 0.1) is 19.2 Å². The Balaban J connectivity index is 1.74. The second-order valence-electron chi connectivity index (χ2n) is 5.74. The lowest BCUT2D eigenvalue weighted by molar-refractivity contribution is -0.115. The summed E-state index contributed by atoms with van der Waals surface area (Å²) in [5, 5.41) is 4.98. The monoisotopic (exact) mass is 330 g/mol. The number of thiophene rings is 1. The van der Waals surface area contributed by atoms with Gasteiger partial charge in [-0.1, -0.05) is 6.07 Å². The highest BCUT2D eigenvalue weighted by Gasteiger charge is 2.15. The third kappa shape index (κ3) is 4.05. The minimum atomic E-state index is -0.0125. The summed E-state index contributed by atoms with van der Waals surface area (Å²) >= 11 is 1.60. The van der Waals surface area contributed by atoms with Gasteiger partial charge < -0.3 is 15.0 Å². The number of methoxy groups -OCH3 is 1. The Labute approximate surface area is 141 Å². The highest BCUT2D eigenvalue weighted by Crippen LogP contribution is 2.31. The predicted molar refractivity (Wildman–Crippen MR) is 95.7 cm³/mol. The van der Waals surface area contributed by atoms with E-state index >= 15 is 0 Å². The van der Waals surface area contributed by atoms with E-state index in [1.165, 1.54) is 19.3 Å². The minimum absolute atomic E-state index is 0.0125. The summed E-state index contributed by atoms with van der Waals surface area (Å²) < 4.78 is 5.39. The van der Waals surface area contributed by atoms with Crippen LogP contribution in [-0.4, -0.2) is 26.1 Å². The van der Waals surface area contributed by atoms with Crippen LogP contribution >= 0.6 is 11.3 Å². The number of carbonyl (C=O) groups is 1. The van der Waals surface area contributed by atoms with E-state index in [1.54, 1.807) is 18.4 Å². The second kappa shape index (κ2) is 7.51. The maximum absolute atomic E-state index is 12.3. The molecule has 1 aliphatic rings. The van der Waals surface area contributed by atoms with Crippen LogP contribution < -0.4 is 15.0 Å². The number of carbonyl (C=O) groups excluding carboxylic acids is 1. The summed E-state index contributed by atoms with van der Waals surface area (Å²) in [7, 11) is 1.63. The molecule has 1 aromatic heterocycles. The molecule has 0 bridgehead atoms. The molecular formula is C18H22N2O2S. The van der Waals surface area contributed by atoms with E-state index in [9.17, 15) is 4.79 Å². The zero-order valence-corrected chi connectivity index (χ0v) is 14.2. The van der Waals surface area contributed by atoms with Gasteiger partial charge >= 0.3 is 0 Å². The van der Waals surface area contributed by atoms with Gasteiger partial charge in [-0.3, -0.25) is 4.79 Å². The molecule has 1 fully saturated rings. The number of nitrogens with zero attached hydrogens (tertiary/aromatic N) is 1. The Morgan fingerprint density at radius 2 is 2.09 bits per heavy atom. The molecule has 1 saturated heterocycles. The van der Waals surface area contributed by atoms with Gasteiger partial charge in [0.25, 0.3) is 0 Å². The molecule has 122 valence electrons. The molecule has 0 unspecified atom stereocenters. The van der Waals surface area contributed by atoms with Crippen LogP contribution in [0.3, 0.4) is 0 Å². The topological polar surface area (TPSA) is 41.6 Å². The van der Waals surface area contributed by atoms with E-state index in [0.717, 1.165) is 29.3 Å². The van der Waals surface area contributed by atoms with Crippen molar-refractivity contribution < 1.29 is 9.53 Å². The standard InChI is InChI=1S/C18H22N2O2S/c1-22-17-8-7-14(20-9-3-2-4-10-20)12-16(17)19-18(21)13-15-6-5-11-23-15/h5-8,11-12H,2-4,9-10,13H2,1H3,(H,19,21). The highest BCUT2D eigenvalue weighted by molar-refractivity contribution is 7.10. The van der Waals surface area contributed by atoms with Crippen molar-refractivity contribution in [2.24, 2.45) is 0 Å². The van der Waals surface area contributed by atoms with Gasteiger partial charge in [-0.2, -0.15) is 0 Å². The van der Waals surface area contributed by atoms with E-state index in [1.807, 2.05) is 29.6 Å². The zero-order chi connectivity index (χ0) is 16.1. The van der Waals surface area contributed by atoms with Crippen LogP contribution in [0, 0.1) is 0 Å². The molecular weight excluding hydrogens is 308 g/mol. The van der Waals surface area contributed by atoms with E-state index in [2.05, 4.69) is 16.3 Å². The van der Waals surface area contributed by atoms with Crippen LogP contribution in [0.25, 0.3) is 0 Å². The normalized spacial score (nSPS) is 14.6. The number of rotatable bonds is 5. The van der Waals surface area contributed by atoms with Gasteiger partial charge in [-0.15, -0.1) is 11.3 Å². The first kappa shape index (κ1) is 15.9. The summed E-state index contributed by atoms with van der Waals surface area (Å²) in [5.41, 5.74) is 1.90. The summed E-state index contributed by atoms with van der Waals surface area (Å²) in [6.07, 6.45) is 4.16. The Morgan fingerprint density at radius 1 is 1.26 bits per heavy atom. The summed E-state index contributed by atoms with van der Waals surface area (Å²) in [6.45, 7) is 2.16. The van der Waals surface area contributed by atoms with Crippen molar-refractivity contribution in [3.8, 4) is 5.75 Å². The zero-order valence-electron chi connectivity index (χ0n) is 13.4. The fourth-order valence-corrected chi connectivity index (χ4v) is 3.61. The van der Waals surface area contributed by atoms with Gasteiger partial charge in [0.15, 0.2) is 0 Å². The van der Waals surface area contributed by atoms with Crippen molar-refractivity contribution in [1.82, 2.24) is 0 Å². The molecule has 3 rings (SSSR count). The molecule has 4 nitrogen and oxygen atoms in total. The SMILES string of the molecule is COc1ccc(N2CCCCC2)cc1NC(=O)Cc1cccs1. The Hall–Kier alpha value is -2.01. The quantitative estimate of drug-likeness (QED) is 0.903. The van der Waals surface area contributed by atoms with E-state index in [-0.39, 0.29) is 5.91 Å². The number of benzene rings is 1.